The highest BCUT2D eigenvalue weighted by Gasteiger charge is 2.10. The number of amides is 1. The van der Waals surface area contributed by atoms with E-state index in [-0.39, 0.29) is 5.91 Å². The Balaban J connectivity index is 1.53. The van der Waals surface area contributed by atoms with Crippen molar-refractivity contribution in [2.24, 2.45) is 0 Å². The van der Waals surface area contributed by atoms with E-state index in [1.165, 1.54) is 0 Å². The lowest BCUT2D eigenvalue weighted by molar-refractivity contribution is 0.0951. The van der Waals surface area contributed by atoms with Crippen LogP contribution in [-0.4, -0.2) is 20.9 Å². The van der Waals surface area contributed by atoms with Crippen molar-refractivity contribution in [1.82, 2.24) is 20.3 Å². The van der Waals surface area contributed by atoms with Gasteiger partial charge < -0.3 is 9.73 Å². The van der Waals surface area contributed by atoms with Crippen molar-refractivity contribution >= 4 is 28.0 Å². The molecule has 2 aromatic heterocycles. The van der Waals surface area contributed by atoms with Crippen molar-refractivity contribution in [3.8, 4) is 0 Å². The maximum Gasteiger partial charge on any atom is 0.251 e. The molecular weight excluding hydrogens is 328 g/mol. The summed E-state index contributed by atoms with van der Waals surface area (Å²) in [4.78, 5) is 25.8. The molecule has 2 heterocycles. The largest absolute Gasteiger partial charge is 0.441 e. The molecule has 1 N–H and O–H groups in total. The van der Waals surface area contributed by atoms with Gasteiger partial charge in [-0.25, -0.2) is 15.0 Å². The van der Waals surface area contributed by atoms with Gasteiger partial charge in [0.25, 0.3) is 5.91 Å². The highest BCUT2D eigenvalue weighted by atomic mass is 16.3. The molecule has 0 aliphatic heterocycles. The van der Waals surface area contributed by atoms with Crippen LogP contribution >= 0.6 is 0 Å². The molecule has 0 aliphatic rings. The summed E-state index contributed by atoms with van der Waals surface area (Å²) < 4.78 is 5.53. The standard InChI is InChI=1S/C20H18N4O2/c1-11-12(2)23-18-9-15(5-7-16(18)22-11)20(25)21-10-14-4-6-17-19(8-14)26-13(3)24-17/h4-9H,10H2,1-3H3,(H,21,25). The first kappa shape index (κ1) is 16.2. The first-order chi connectivity index (χ1) is 12.5. The zero-order valence-electron chi connectivity index (χ0n) is 14.8. The zero-order chi connectivity index (χ0) is 18.3. The molecular formula is C20H18N4O2. The van der Waals surface area contributed by atoms with Crippen molar-refractivity contribution in [2.75, 3.05) is 0 Å². The summed E-state index contributed by atoms with van der Waals surface area (Å²) in [6, 6.07) is 11.1. The smallest absolute Gasteiger partial charge is 0.251 e. The van der Waals surface area contributed by atoms with E-state index < -0.39 is 0 Å². The third-order valence-corrected chi connectivity index (χ3v) is 4.35. The highest BCUT2D eigenvalue weighted by molar-refractivity contribution is 5.97. The Morgan fingerprint density at radius 3 is 2.46 bits per heavy atom. The average Bonchev–Trinajstić information content (AvgIpc) is 2.99. The van der Waals surface area contributed by atoms with E-state index in [0.29, 0.717) is 18.0 Å². The van der Waals surface area contributed by atoms with E-state index in [2.05, 4.69) is 20.3 Å². The molecule has 0 fully saturated rings. The van der Waals surface area contributed by atoms with Crippen LogP contribution in [0.2, 0.25) is 0 Å². The molecule has 0 radical (unpaired) electrons. The van der Waals surface area contributed by atoms with Crippen LogP contribution in [0.3, 0.4) is 0 Å². The van der Waals surface area contributed by atoms with Gasteiger partial charge in [-0.3, -0.25) is 4.79 Å². The van der Waals surface area contributed by atoms with Crippen molar-refractivity contribution < 1.29 is 9.21 Å². The van der Waals surface area contributed by atoms with Crippen LogP contribution < -0.4 is 5.32 Å². The molecule has 0 saturated heterocycles. The van der Waals surface area contributed by atoms with E-state index >= 15 is 0 Å². The number of hydrogen-bond acceptors (Lipinski definition) is 5. The molecule has 4 rings (SSSR count). The maximum atomic E-state index is 12.5. The van der Waals surface area contributed by atoms with Gasteiger partial charge in [-0.1, -0.05) is 6.07 Å². The molecule has 26 heavy (non-hydrogen) atoms. The number of benzene rings is 2. The molecule has 4 aromatic rings. The lowest BCUT2D eigenvalue weighted by atomic mass is 10.1. The number of aryl methyl sites for hydroxylation is 3. The van der Waals surface area contributed by atoms with Crippen LogP contribution in [0.4, 0.5) is 0 Å². The summed E-state index contributed by atoms with van der Waals surface area (Å²) >= 11 is 0. The van der Waals surface area contributed by atoms with Crippen LogP contribution in [0, 0.1) is 20.8 Å². The third-order valence-electron chi connectivity index (χ3n) is 4.35. The summed E-state index contributed by atoms with van der Waals surface area (Å²) in [6.07, 6.45) is 0. The van der Waals surface area contributed by atoms with E-state index in [0.717, 1.165) is 39.1 Å². The Hall–Kier alpha value is -3.28. The van der Waals surface area contributed by atoms with Gasteiger partial charge in [-0.15, -0.1) is 0 Å². The van der Waals surface area contributed by atoms with E-state index in [1.54, 1.807) is 12.1 Å². The second kappa shape index (κ2) is 6.22. The SMILES string of the molecule is Cc1nc2ccc(CNC(=O)c3ccc4nc(C)c(C)nc4c3)cc2o1. The fourth-order valence-corrected chi connectivity index (χ4v) is 2.85. The van der Waals surface area contributed by atoms with E-state index in [9.17, 15) is 4.79 Å². The summed E-state index contributed by atoms with van der Waals surface area (Å²) in [5.41, 5.74) is 6.33. The summed E-state index contributed by atoms with van der Waals surface area (Å²) in [5.74, 6) is 0.477. The minimum absolute atomic E-state index is 0.152. The topological polar surface area (TPSA) is 80.9 Å². The Kier molecular flexibility index (Phi) is 3.88. The Labute approximate surface area is 150 Å². The normalized spacial score (nSPS) is 11.2. The van der Waals surface area contributed by atoms with Gasteiger partial charge >= 0.3 is 0 Å². The molecule has 0 aliphatic carbocycles. The van der Waals surface area contributed by atoms with Crippen molar-refractivity contribution in [3.05, 3.63) is 64.8 Å². The molecule has 0 spiro atoms. The maximum absolute atomic E-state index is 12.5. The Bertz CT molecular complexity index is 1150. The third kappa shape index (κ3) is 3.01. The number of carbonyl (C=O) groups excluding carboxylic acids is 1. The average molecular weight is 346 g/mol. The summed E-state index contributed by atoms with van der Waals surface area (Å²) in [5, 5.41) is 2.93. The minimum atomic E-state index is -0.152. The lowest BCUT2D eigenvalue weighted by Crippen LogP contribution is -2.22. The Morgan fingerprint density at radius 1 is 0.923 bits per heavy atom. The van der Waals surface area contributed by atoms with Gasteiger partial charge in [0.1, 0.15) is 5.52 Å². The fraction of sp³-hybridized carbons (Fsp3) is 0.200. The predicted molar refractivity (Wildman–Crippen MR) is 98.9 cm³/mol. The second-order valence-electron chi connectivity index (χ2n) is 6.32. The monoisotopic (exact) mass is 346 g/mol. The molecule has 0 bridgehead atoms. The Morgan fingerprint density at radius 2 is 1.65 bits per heavy atom. The van der Waals surface area contributed by atoms with Crippen molar-refractivity contribution in [1.29, 1.82) is 0 Å². The number of aromatic nitrogens is 3. The first-order valence-corrected chi connectivity index (χ1v) is 8.39. The van der Waals surface area contributed by atoms with Crippen LogP contribution in [0.5, 0.6) is 0 Å². The molecule has 6 heteroatoms. The molecule has 2 aromatic carbocycles. The van der Waals surface area contributed by atoms with E-state index in [1.807, 2.05) is 45.0 Å². The summed E-state index contributed by atoms with van der Waals surface area (Å²) in [6.45, 7) is 6.06. The van der Waals surface area contributed by atoms with Gasteiger partial charge in [0.05, 0.1) is 22.4 Å². The lowest BCUT2D eigenvalue weighted by Gasteiger charge is -2.07. The molecule has 6 nitrogen and oxygen atoms in total. The zero-order valence-corrected chi connectivity index (χ0v) is 14.8. The molecule has 130 valence electrons. The molecule has 1 amide bonds. The number of oxazole rings is 1. The van der Waals surface area contributed by atoms with E-state index in [4.69, 9.17) is 4.42 Å². The van der Waals surface area contributed by atoms with Gasteiger partial charge in [0.15, 0.2) is 11.5 Å². The highest BCUT2D eigenvalue weighted by Crippen LogP contribution is 2.17. The second-order valence-corrected chi connectivity index (χ2v) is 6.32. The number of nitrogens with zero attached hydrogens (tertiary/aromatic N) is 3. The quantitative estimate of drug-likeness (QED) is 0.613. The summed E-state index contributed by atoms with van der Waals surface area (Å²) in [7, 11) is 0. The number of carbonyl (C=O) groups is 1. The van der Waals surface area contributed by atoms with Gasteiger partial charge in [0, 0.05) is 19.0 Å². The van der Waals surface area contributed by atoms with Crippen molar-refractivity contribution in [3.63, 3.8) is 0 Å². The first-order valence-electron chi connectivity index (χ1n) is 8.39. The molecule has 0 saturated carbocycles. The van der Waals surface area contributed by atoms with Crippen LogP contribution in [0.1, 0.15) is 33.2 Å². The van der Waals surface area contributed by atoms with Gasteiger partial charge in [-0.05, 0) is 49.7 Å². The molecule has 0 unspecified atom stereocenters. The van der Waals surface area contributed by atoms with Crippen LogP contribution in [0.15, 0.2) is 40.8 Å². The fourth-order valence-electron chi connectivity index (χ4n) is 2.85. The van der Waals surface area contributed by atoms with Gasteiger partial charge in [0.2, 0.25) is 0 Å². The van der Waals surface area contributed by atoms with Crippen LogP contribution in [0.25, 0.3) is 22.1 Å². The number of hydrogen-bond donors (Lipinski definition) is 1. The number of rotatable bonds is 3. The van der Waals surface area contributed by atoms with Crippen LogP contribution in [-0.2, 0) is 6.54 Å². The van der Waals surface area contributed by atoms with Gasteiger partial charge in [-0.2, -0.15) is 0 Å². The van der Waals surface area contributed by atoms with Crippen molar-refractivity contribution in [2.45, 2.75) is 27.3 Å². The predicted octanol–water partition coefficient (Wildman–Crippen LogP) is 3.63. The number of fused-ring (bicyclic) bond motifs is 2. The number of nitrogens with one attached hydrogen (secondary N) is 1. The molecule has 0 atom stereocenters. The minimum Gasteiger partial charge on any atom is -0.441 e.